The Bertz CT molecular complexity index is 563. The summed E-state index contributed by atoms with van der Waals surface area (Å²) in [6.45, 7) is 8.42. The molecule has 0 N–H and O–H groups in total. The van der Waals surface area contributed by atoms with Crippen LogP contribution in [0.3, 0.4) is 0 Å². The Morgan fingerprint density at radius 1 is 1.48 bits per heavy atom. The Balaban J connectivity index is 2.96. The van der Waals surface area contributed by atoms with Crippen LogP contribution in [-0.4, -0.2) is 23.1 Å². The molecule has 7 heteroatoms. The maximum absolute atomic E-state index is 12.3. The van der Waals surface area contributed by atoms with Crippen molar-refractivity contribution in [2.45, 2.75) is 39.7 Å². The monoisotopic (exact) mass is 310 g/mol. The van der Waals surface area contributed by atoms with Gasteiger partial charge in [0.25, 0.3) is 0 Å². The lowest BCUT2D eigenvalue weighted by Crippen LogP contribution is -2.47. The number of carbonyl (C=O) groups is 1. The van der Waals surface area contributed by atoms with E-state index in [0.717, 1.165) is 6.42 Å². The summed E-state index contributed by atoms with van der Waals surface area (Å²) in [5, 5.41) is 3.75. The molecule has 0 unspecified atom stereocenters. The first kappa shape index (κ1) is 17.1. The lowest BCUT2D eigenvalue weighted by Gasteiger charge is -2.34. The van der Waals surface area contributed by atoms with Gasteiger partial charge in [0.2, 0.25) is 0 Å². The van der Waals surface area contributed by atoms with Crippen LogP contribution in [0.5, 0.6) is 5.75 Å². The van der Waals surface area contributed by atoms with Crippen molar-refractivity contribution in [2.24, 2.45) is 5.11 Å². The largest absolute Gasteiger partial charge is 0.415 e. The van der Waals surface area contributed by atoms with Crippen LogP contribution in [0.25, 0.3) is 10.4 Å². The van der Waals surface area contributed by atoms with Crippen molar-refractivity contribution in [3.63, 3.8) is 0 Å². The van der Waals surface area contributed by atoms with E-state index in [-0.39, 0.29) is 17.0 Å². The van der Waals surface area contributed by atoms with Crippen LogP contribution < -0.4 is 4.74 Å². The highest BCUT2D eigenvalue weighted by Gasteiger charge is 2.27. The number of amides is 1. The number of halogens is 1. The number of ether oxygens (including phenoxy) is 1. The first-order valence-electron chi connectivity index (χ1n) is 6.63. The van der Waals surface area contributed by atoms with Gasteiger partial charge in [0, 0.05) is 17.0 Å². The summed E-state index contributed by atoms with van der Waals surface area (Å²) in [5.41, 5.74) is 8.35. The molecule has 0 spiro atoms. The van der Waals surface area contributed by atoms with Gasteiger partial charge in [-0.15, -0.1) is 0 Å². The van der Waals surface area contributed by atoms with E-state index in [1.807, 2.05) is 27.7 Å². The average molecular weight is 311 g/mol. The van der Waals surface area contributed by atoms with Gasteiger partial charge in [-0.2, -0.15) is 0 Å². The van der Waals surface area contributed by atoms with Crippen LogP contribution in [0.2, 0.25) is 5.02 Å². The zero-order valence-corrected chi connectivity index (χ0v) is 13.4. The highest BCUT2D eigenvalue weighted by molar-refractivity contribution is 6.33. The summed E-state index contributed by atoms with van der Waals surface area (Å²) in [7, 11) is 0. The summed E-state index contributed by atoms with van der Waals surface area (Å²) >= 11 is 5.88. The van der Waals surface area contributed by atoms with Crippen LogP contribution in [0, 0.1) is 0 Å². The summed E-state index contributed by atoms with van der Waals surface area (Å²) in [4.78, 5) is 16.6. The van der Waals surface area contributed by atoms with E-state index in [1.165, 1.54) is 12.1 Å². The number of nitrogens with zero attached hydrogens (tertiary/aromatic N) is 4. The van der Waals surface area contributed by atoms with Crippen molar-refractivity contribution >= 4 is 23.4 Å². The van der Waals surface area contributed by atoms with E-state index in [4.69, 9.17) is 21.9 Å². The van der Waals surface area contributed by atoms with Crippen LogP contribution in [-0.2, 0) is 0 Å². The van der Waals surface area contributed by atoms with E-state index in [0.29, 0.717) is 11.6 Å². The fraction of sp³-hybridized carbons (Fsp3) is 0.500. The summed E-state index contributed by atoms with van der Waals surface area (Å²) in [5.74, 6) is 0.289. The molecule has 6 nitrogen and oxygen atoms in total. The molecule has 0 saturated carbocycles. The van der Waals surface area contributed by atoms with E-state index < -0.39 is 6.09 Å². The van der Waals surface area contributed by atoms with Gasteiger partial charge in [0.1, 0.15) is 5.75 Å². The molecule has 1 aromatic carbocycles. The lowest BCUT2D eigenvalue weighted by atomic mass is 10.1. The predicted molar refractivity (Wildman–Crippen MR) is 83.0 cm³/mol. The van der Waals surface area contributed by atoms with E-state index in [2.05, 4.69) is 10.0 Å². The molecule has 0 aliphatic carbocycles. The molecule has 0 radical (unpaired) electrons. The Morgan fingerprint density at radius 2 is 2.14 bits per heavy atom. The van der Waals surface area contributed by atoms with Gasteiger partial charge in [-0.05, 0) is 50.9 Å². The number of benzene rings is 1. The second-order valence-electron chi connectivity index (χ2n) is 5.49. The van der Waals surface area contributed by atoms with Gasteiger partial charge >= 0.3 is 6.09 Å². The SMILES string of the molecule is CCCN(C(=O)Oc1ccc(Cl)c(N=[N+]=[N-])c1)C(C)(C)C. The van der Waals surface area contributed by atoms with E-state index in [9.17, 15) is 4.79 Å². The summed E-state index contributed by atoms with van der Waals surface area (Å²) < 4.78 is 5.34. The zero-order valence-electron chi connectivity index (χ0n) is 12.6. The maximum atomic E-state index is 12.3. The molecular weight excluding hydrogens is 292 g/mol. The highest BCUT2D eigenvalue weighted by Crippen LogP contribution is 2.30. The number of rotatable bonds is 4. The minimum Gasteiger partial charge on any atom is -0.410 e. The lowest BCUT2D eigenvalue weighted by molar-refractivity contribution is 0.107. The van der Waals surface area contributed by atoms with Crippen LogP contribution >= 0.6 is 11.6 Å². The number of hydrogen-bond acceptors (Lipinski definition) is 3. The standard InChI is InChI=1S/C14H19ClN4O2/c1-5-8-19(14(2,3)4)13(20)21-10-6-7-11(15)12(9-10)17-18-16/h6-7,9H,5,8H2,1-4H3. The molecule has 1 aromatic rings. The van der Waals surface area contributed by atoms with Crippen molar-refractivity contribution in [1.29, 1.82) is 0 Å². The van der Waals surface area contributed by atoms with Gasteiger partial charge in [0.15, 0.2) is 0 Å². The van der Waals surface area contributed by atoms with Gasteiger partial charge < -0.3 is 9.64 Å². The molecule has 21 heavy (non-hydrogen) atoms. The Kier molecular flexibility index (Phi) is 5.88. The van der Waals surface area contributed by atoms with Crippen LogP contribution in [0.4, 0.5) is 10.5 Å². The number of hydrogen-bond donors (Lipinski definition) is 0. The normalized spacial score (nSPS) is 10.7. The Hall–Kier alpha value is -1.91. The third-order valence-electron chi connectivity index (χ3n) is 2.75. The molecule has 1 amide bonds. The molecule has 0 aliphatic heterocycles. The highest BCUT2D eigenvalue weighted by atomic mass is 35.5. The van der Waals surface area contributed by atoms with Crippen LogP contribution in [0.15, 0.2) is 23.3 Å². The molecule has 0 heterocycles. The Morgan fingerprint density at radius 3 is 2.67 bits per heavy atom. The van der Waals surface area contributed by atoms with Gasteiger partial charge in [-0.3, -0.25) is 0 Å². The van der Waals surface area contributed by atoms with Crippen molar-refractivity contribution < 1.29 is 9.53 Å². The molecule has 0 fully saturated rings. The molecule has 0 saturated heterocycles. The molecular formula is C14H19ClN4O2. The van der Waals surface area contributed by atoms with Crippen molar-refractivity contribution in [3.05, 3.63) is 33.7 Å². The third kappa shape index (κ3) is 4.85. The van der Waals surface area contributed by atoms with E-state index in [1.54, 1.807) is 11.0 Å². The van der Waals surface area contributed by atoms with Gasteiger partial charge in [0.05, 0.1) is 10.7 Å². The van der Waals surface area contributed by atoms with Crippen molar-refractivity contribution in [1.82, 2.24) is 4.90 Å². The molecule has 0 aliphatic rings. The van der Waals surface area contributed by atoms with Gasteiger partial charge in [-0.25, -0.2) is 4.79 Å². The van der Waals surface area contributed by atoms with E-state index >= 15 is 0 Å². The minimum atomic E-state index is -0.446. The molecule has 0 bridgehead atoms. The average Bonchev–Trinajstić information content (AvgIpc) is 2.38. The molecule has 114 valence electrons. The Labute approximate surface area is 129 Å². The van der Waals surface area contributed by atoms with Crippen molar-refractivity contribution in [2.75, 3.05) is 6.54 Å². The van der Waals surface area contributed by atoms with Gasteiger partial charge in [-0.1, -0.05) is 23.6 Å². The minimum absolute atomic E-state index is 0.224. The van der Waals surface area contributed by atoms with Crippen LogP contribution in [0.1, 0.15) is 34.1 Å². The first-order chi connectivity index (χ1) is 9.79. The molecule has 1 rings (SSSR count). The number of carbonyl (C=O) groups excluding carboxylic acids is 1. The smallest absolute Gasteiger partial charge is 0.410 e. The molecule has 0 atom stereocenters. The zero-order chi connectivity index (χ0) is 16.0. The predicted octanol–water partition coefficient (Wildman–Crippen LogP) is 5.29. The maximum Gasteiger partial charge on any atom is 0.415 e. The second kappa shape index (κ2) is 7.20. The fourth-order valence-corrected chi connectivity index (χ4v) is 1.92. The summed E-state index contributed by atoms with van der Waals surface area (Å²) in [6.07, 6.45) is 0.385. The fourth-order valence-electron chi connectivity index (χ4n) is 1.76. The summed E-state index contributed by atoms with van der Waals surface area (Å²) in [6, 6.07) is 4.52. The number of azide groups is 1. The van der Waals surface area contributed by atoms with Crippen molar-refractivity contribution in [3.8, 4) is 5.75 Å². The molecule has 0 aromatic heterocycles. The second-order valence-corrected chi connectivity index (χ2v) is 5.90. The quantitative estimate of drug-likeness (QED) is 0.430. The third-order valence-corrected chi connectivity index (χ3v) is 3.07. The first-order valence-corrected chi connectivity index (χ1v) is 7.01. The topological polar surface area (TPSA) is 78.3 Å².